The highest BCUT2D eigenvalue weighted by atomic mass is 16.5. The molecule has 1 aliphatic carbocycles. The minimum absolute atomic E-state index is 0.120. The zero-order valence-electron chi connectivity index (χ0n) is 12.1. The SMILES string of the molecule is Cc1ccccc1Cc1noc(C2(C)CCCC2N)n1. The number of nitrogens with zero attached hydrogens (tertiary/aromatic N) is 2. The van der Waals surface area contributed by atoms with Crippen molar-refractivity contribution >= 4 is 0 Å². The minimum atomic E-state index is -0.156. The number of hydrogen-bond donors (Lipinski definition) is 1. The van der Waals surface area contributed by atoms with Crippen LogP contribution in [-0.4, -0.2) is 16.2 Å². The molecule has 106 valence electrons. The summed E-state index contributed by atoms with van der Waals surface area (Å²) in [6.45, 7) is 4.24. The van der Waals surface area contributed by atoms with Crippen molar-refractivity contribution in [2.24, 2.45) is 5.73 Å². The molecule has 1 heterocycles. The molecule has 4 nitrogen and oxygen atoms in total. The van der Waals surface area contributed by atoms with E-state index in [1.165, 1.54) is 11.1 Å². The summed E-state index contributed by atoms with van der Waals surface area (Å²) in [5, 5.41) is 4.14. The van der Waals surface area contributed by atoms with Crippen LogP contribution in [0, 0.1) is 6.92 Å². The lowest BCUT2D eigenvalue weighted by molar-refractivity contribution is 0.276. The molecule has 1 saturated carbocycles. The molecular weight excluding hydrogens is 250 g/mol. The molecule has 1 aromatic carbocycles. The van der Waals surface area contributed by atoms with Gasteiger partial charge in [-0.1, -0.05) is 35.8 Å². The molecule has 20 heavy (non-hydrogen) atoms. The van der Waals surface area contributed by atoms with Gasteiger partial charge in [-0.3, -0.25) is 0 Å². The average molecular weight is 271 g/mol. The molecule has 2 atom stereocenters. The summed E-state index contributed by atoms with van der Waals surface area (Å²) >= 11 is 0. The van der Waals surface area contributed by atoms with E-state index in [1.54, 1.807) is 0 Å². The van der Waals surface area contributed by atoms with Gasteiger partial charge in [-0.05, 0) is 37.8 Å². The van der Waals surface area contributed by atoms with Gasteiger partial charge >= 0.3 is 0 Å². The van der Waals surface area contributed by atoms with Crippen molar-refractivity contribution in [2.45, 2.75) is 51.0 Å². The van der Waals surface area contributed by atoms with Crippen LogP contribution in [0.4, 0.5) is 0 Å². The number of nitrogens with two attached hydrogens (primary N) is 1. The maximum atomic E-state index is 6.20. The van der Waals surface area contributed by atoms with Crippen molar-refractivity contribution < 1.29 is 4.52 Å². The van der Waals surface area contributed by atoms with Gasteiger partial charge in [0.15, 0.2) is 5.82 Å². The van der Waals surface area contributed by atoms with E-state index in [9.17, 15) is 0 Å². The third-order valence-electron chi connectivity index (χ3n) is 4.60. The van der Waals surface area contributed by atoms with Crippen molar-refractivity contribution in [3.05, 3.63) is 47.1 Å². The monoisotopic (exact) mass is 271 g/mol. The number of hydrogen-bond acceptors (Lipinski definition) is 4. The predicted molar refractivity (Wildman–Crippen MR) is 77.5 cm³/mol. The summed E-state index contributed by atoms with van der Waals surface area (Å²) in [5.74, 6) is 1.45. The standard InChI is InChI=1S/C16H21N3O/c1-11-6-3-4-7-12(11)10-14-18-15(20-19-14)16(2)9-5-8-13(16)17/h3-4,6-7,13H,5,8-10,17H2,1-2H3. The topological polar surface area (TPSA) is 64.9 Å². The number of benzene rings is 1. The van der Waals surface area contributed by atoms with Gasteiger partial charge in [-0.15, -0.1) is 0 Å². The summed E-state index contributed by atoms with van der Waals surface area (Å²) in [4.78, 5) is 4.59. The number of aromatic nitrogens is 2. The highest BCUT2D eigenvalue weighted by Crippen LogP contribution is 2.38. The van der Waals surface area contributed by atoms with Crippen LogP contribution < -0.4 is 5.73 Å². The Labute approximate surface area is 119 Å². The molecule has 2 N–H and O–H groups in total. The van der Waals surface area contributed by atoms with Gasteiger partial charge in [-0.25, -0.2) is 0 Å². The predicted octanol–water partition coefficient (Wildman–Crippen LogP) is 2.74. The second-order valence-electron chi connectivity index (χ2n) is 6.04. The van der Waals surface area contributed by atoms with E-state index in [4.69, 9.17) is 10.3 Å². The Hall–Kier alpha value is -1.68. The summed E-state index contributed by atoms with van der Waals surface area (Å²) in [6.07, 6.45) is 3.90. The fraction of sp³-hybridized carbons (Fsp3) is 0.500. The normalized spacial score (nSPS) is 26.1. The fourth-order valence-corrected chi connectivity index (χ4v) is 3.00. The van der Waals surface area contributed by atoms with Crippen molar-refractivity contribution in [3.63, 3.8) is 0 Å². The van der Waals surface area contributed by atoms with Crippen LogP contribution in [-0.2, 0) is 11.8 Å². The molecule has 0 radical (unpaired) electrons. The Balaban J connectivity index is 1.83. The molecule has 2 aromatic rings. The first-order valence-corrected chi connectivity index (χ1v) is 7.23. The van der Waals surface area contributed by atoms with Gasteiger partial charge < -0.3 is 10.3 Å². The van der Waals surface area contributed by atoms with Gasteiger partial charge in [-0.2, -0.15) is 4.98 Å². The summed E-state index contributed by atoms with van der Waals surface area (Å²) in [6, 6.07) is 8.41. The van der Waals surface area contributed by atoms with Gasteiger partial charge in [0.2, 0.25) is 5.89 Å². The summed E-state index contributed by atoms with van der Waals surface area (Å²) in [5.41, 5.74) is 8.54. The Morgan fingerprint density at radius 3 is 2.90 bits per heavy atom. The summed E-state index contributed by atoms with van der Waals surface area (Å²) in [7, 11) is 0. The molecule has 0 amide bonds. The molecular formula is C16H21N3O. The van der Waals surface area contributed by atoms with Crippen LogP contribution in [0.5, 0.6) is 0 Å². The largest absolute Gasteiger partial charge is 0.339 e. The van der Waals surface area contributed by atoms with Crippen molar-refractivity contribution in [1.82, 2.24) is 10.1 Å². The molecule has 0 bridgehead atoms. The average Bonchev–Trinajstić information content (AvgIpc) is 3.02. The van der Waals surface area contributed by atoms with E-state index in [-0.39, 0.29) is 11.5 Å². The van der Waals surface area contributed by atoms with Gasteiger partial charge in [0.05, 0.1) is 5.41 Å². The van der Waals surface area contributed by atoms with Crippen molar-refractivity contribution in [2.75, 3.05) is 0 Å². The van der Waals surface area contributed by atoms with Crippen LogP contribution >= 0.6 is 0 Å². The van der Waals surface area contributed by atoms with E-state index in [0.29, 0.717) is 12.3 Å². The zero-order valence-corrected chi connectivity index (χ0v) is 12.1. The van der Waals surface area contributed by atoms with Crippen LogP contribution in [0.15, 0.2) is 28.8 Å². The maximum Gasteiger partial charge on any atom is 0.234 e. The molecule has 1 aliphatic rings. The maximum absolute atomic E-state index is 6.20. The van der Waals surface area contributed by atoms with Crippen LogP contribution in [0.1, 0.15) is 49.0 Å². The van der Waals surface area contributed by atoms with Crippen molar-refractivity contribution in [1.29, 1.82) is 0 Å². The van der Waals surface area contributed by atoms with E-state index in [2.05, 4.69) is 36.1 Å². The number of rotatable bonds is 3. The molecule has 0 spiro atoms. The lowest BCUT2D eigenvalue weighted by Crippen LogP contribution is -2.38. The van der Waals surface area contributed by atoms with Gasteiger partial charge in [0.1, 0.15) is 0 Å². The van der Waals surface area contributed by atoms with E-state index >= 15 is 0 Å². The van der Waals surface area contributed by atoms with Crippen molar-refractivity contribution in [3.8, 4) is 0 Å². The summed E-state index contributed by atoms with van der Waals surface area (Å²) < 4.78 is 5.49. The van der Waals surface area contributed by atoms with E-state index in [1.807, 2.05) is 12.1 Å². The Bertz CT molecular complexity index is 607. The molecule has 1 fully saturated rings. The third kappa shape index (κ3) is 2.24. The Morgan fingerprint density at radius 1 is 1.40 bits per heavy atom. The first kappa shape index (κ1) is 13.3. The second kappa shape index (κ2) is 5.02. The Kier molecular flexibility index (Phi) is 3.34. The lowest BCUT2D eigenvalue weighted by Gasteiger charge is -2.23. The molecule has 4 heteroatoms. The fourth-order valence-electron chi connectivity index (χ4n) is 3.00. The lowest BCUT2D eigenvalue weighted by atomic mass is 9.85. The van der Waals surface area contributed by atoms with Gasteiger partial charge in [0.25, 0.3) is 0 Å². The third-order valence-corrected chi connectivity index (χ3v) is 4.60. The first-order valence-electron chi connectivity index (χ1n) is 7.23. The highest BCUT2D eigenvalue weighted by molar-refractivity contribution is 5.28. The van der Waals surface area contributed by atoms with E-state index < -0.39 is 0 Å². The Morgan fingerprint density at radius 2 is 2.20 bits per heavy atom. The van der Waals surface area contributed by atoms with Crippen LogP contribution in [0.2, 0.25) is 0 Å². The number of aryl methyl sites for hydroxylation is 1. The molecule has 0 aliphatic heterocycles. The van der Waals surface area contributed by atoms with Crippen LogP contribution in [0.25, 0.3) is 0 Å². The minimum Gasteiger partial charge on any atom is -0.339 e. The second-order valence-corrected chi connectivity index (χ2v) is 6.04. The zero-order chi connectivity index (χ0) is 14.2. The van der Waals surface area contributed by atoms with Crippen LogP contribution in [0.3, 0.4) is 0 Å². The van der Waals surface area contributed by atoms with Gasteiger partial charge in [0, 0.05) is 12.5 Å². The first-order chi connectivity index (χ1) is 9.59. The quantitative estimate of drug-likeness (QED) is 0.932. The highest BCUT2D eigenvalue weighted by Gasteiger charge is 2.42. The van der Waals surface area contributed by atoms with E-state index in [0.717, 1.165) is 25.1 Å². The molecule has 2 unspecified atom stereocenters. The molecule has 3 rings (SSSR count). The molecule has 1 aromatic heterocycles. The smallest absolute Gasteiger partial charge is 0.234 e. The molecule has 0 saturated heterocycles.